The zero-order chi connectivity index (χ0) is 18.6. The first kappa shape index (κ1) is 18.5. The van der Waals surface area contributed by atoms with Crippen molar-refractivity contribution < 1.29 is 36.2 Å². The maximum absolute atomic E-state index is 13.0. The van der Waals surface area contributed by atoms with E-state index in [1.165, 1.54) is 0 Å². The van der Waals surface area contributed by atoms with E-state index in [1.807, 2.05) is 11.9 Å². The Bertz CT molecular complexity index is 611. The minimum absolute atomic E-state index is 0.0125. The second-order valence-electron chi connectivity index (χ2n) is 6.74. The number of ether oxygens (including phenoxy) is 1. The normalized spacial score (nSPS) is 31.2. The second-order valence-corrected chi connectivity index (χ2v) is 6.74. The summed E-state index contributed by atoms with van der Waals surface area (Å²) in [6.45, 7) is 0.556. The molecule has 3 nitrogen and oxygen atoms in total. The Morgan fingerprint density at radius 3 is 1.80 bits per heavy atom. The van der Waals surface area contributed by atoms with E-state index in [1.54, 1.807) is 0 Å². The number of alkyl halides is 6. The highest BCUT2D eigenvalue weighted by Crippen LogP contribution is 2.44. The Labute approximate surface area is 140 Å². The van der Waals surface area contributed by atoms with Crippen LogP contribution >= 0.6 is 0 Å². The van der Waals surface area contributed by atoms with Gasteiger partial charge in [0.15, 0.2) is 0 Å². The number of halogens is 6. The first-order chi connectivity index (χ1) is 11.4. The number of piperidine rings is 1. The number of likely N-dealkylation sites (N-methyl/N-ethyl adjacent to an activating group) is 1. The largest absolute Gasteiger partial charge is 0.416 e. The third-order valence-corrected chi connectivity index (χ3v) is 5.04. The lowest BCUT2D eigenvalue weighted by Gasteiger charge is -2.50. The molecule has 140 valence electrons. The Morgan fingerprint density at radius 2 is 1.40 bits per heavy atom. The van der Waals surface area contributed by atoms with Crippen LogP contribution in [0.1, 0.15) is 29.5 Å². The Hall–Kier alpha value is -1.32. The zero-order valence-electron chi connectivity index (χ0n) is 13.3. The van der Waals surface area contributed by atoms with Gasteiger partial charge in [-0.1, -0.05) is 0 Å². The van der Waals surface area contributed by atoms with Gasteiger partial charge in [-0.05, 0) is 43.7 Å². The van der Waals surface area contributed by atoms with Crippen molar-refractivity contribution in [1.29, 1.82) is 0 Å². The summed E-state index contributed by atoms with van der Waals surface area (Å²) in [4.78, 5) is 1.95. The van der Waals surface area contributed by atoms with Crippen LogP contribution < -0.4 is 0 Å². The SMILES string of the molecule is CN1C2COCC1CC(O)(c1cc(C(F)(F)F)cc(C(F)(F)F)c1)C2. The zero-order valence-corrected chi connectivity index (χ0v) is 13.3. The predicted molar refractivity (Wildman–Crippen MR) is 75.7 cm³/mol. The molecule has 1 N–H and O–H groups in total. The Balaban J connectivity index is 2.06. The van der Waals surface area contributed by atoms with E-state index in [9.17, 15) is 31.4 Å². The molecule has 2 aliphatic heterocycles. The van der Waals surface area contributed by atoms with Crippen LogP contribution in [0.3, 0.4) is 0 Å². The molecule has 2 saturated heterocycles. The predicted octanol–water partition coefficient (Wildman–Crippen LogP) is 3.40. The molecule has 2 fully saturated rings. The fraction of sp³-hybridized carbons (Fsp3) is 0.625. The van der Waals surface area contributed by atoms with Crippen molar-refractivity contribution in [3.63, 3.8) is 0 Å². The lowest BCUT2D eigenvalue weighted by atomic mass is 9.76. The summed E-state index contributed by atoms with van der Waals surface area (Å²) >= 11 is 0. The van der Waals surface area contributed by atoms with Gasteiger partial charge in [-0.3, -0.25) is 4.90 Å². The molecule has 25 heavy (non-hydrogen) atoms. The monoisotopic (exact) mass is 369 g/mol. The number of benzene rings is 1. The van der Waals surface area contributed by atoms with Gasteiger partial charge in [-0.25, -0.2) is 0 Å². The van der Waals surface area contributed by atoms with Gasteiger partial charge in [0.25, 0.3) is 0 Å². The van der Waals surface area contributed by atoms with Crippen molar-refractivity contribution in [2.24, 2.45) is 0 Å². The molecule has 0 aromatic heterocycles. The molecule has 0 radical (unpaired) electrons. The highest BCUT2D eigenvalue weighted by molar-refractivity contribution is 5.37. The van der Waals surface area contributed by atoms with Crippen molar-refractivity contribution in [2.75, 3.05) is 20.3 Å². The van der Waals surface area contributed by atoms with E-state index < -0.39 is 29.1 Å². The Morgan fingerprint density at radius 1 is 0.960 bits per heavy atom. The molecule has 3 rings (SSSR count). The smallest absolute Gasteiger partial charge is 0.385 e. The second kappa shape index (κ2) is 5.85. The maximum atomic E-state index is 13.0. The first-order valence-electron chi connectivity index (χ1n) is 7.72. The summed E-state index contributed by atoms with van der Waals surface area (Å²) in [5.74, 6) is 0. The topological polar surface area (TPSA) is 32.7 Å². The van der Waals surface area contributed by atoms with E-state index in [-0.39, 0.29) is 49.8 Å². The lowest BCUT2D eigenvalue weighted by molar-refractivity contribution is -0.146. The number of aliphatic hydroxyl groups is 1. The van der Waals surface area contributed by atoms with E-state index in [0.29, 0.717) is 12.1 Å². The molecule has 1 aromatic rings. The van der Waals surface area contributed by atoms with Crippen molar-refractivity contribution in [3.05, 3.63) is 34.9 Å². The van der Waals surface area contributed by atoms with Gasteiger partial charge in [-0.15, -0.1) is 0 Å². The lowest BCUT2D eigenvalue weighted by Crippen LogP contribution is -2.59. The average Bonchev–Trinajstić information content (AvgIpc) is 2.47. The van der Waals surface area contributed by atoms with Crippen molar-refractivity contribution >= 4 is 0 Å². The third-order valence-electron chi connectivity index (χ3n) is 5.04. The highest BCUT2D eigenvalue weighted by Gasteiger charge is 2.47. The highest BCUT2D eigenvalue weighted by atomic mass is 19.4. The summed E-state index contributed by atoms with van der Waals surface area (Å²) in [6.07, 6.45) is -9.84. The molecule has 2 aliphatic rings. The van der Waals surface area contributed by atoms with Crippen LogP contribution in [0.15, 0.2) is 18.2 Å². The summed E-state index contributed by atoms with van der Waals surface area (Å²) in [5, 5.41) is 10.9. The van der Waals surface area contributed by atoms with Gasteiger partial charge in [0.05, 0.1) is 29.9 Å². The van der Waals surface area contributed by atoms with Crippen LogP contribution in [0.4, 0.5) is 26.3 Å². The molecule has 2 bridgehead atoms. The molecule has 1 aromatic carbocycles. The van der Waals surface area contributed by atoms with E-state index in [4.69, 9.17) is 4.74 Å². The molecule has 0 amide bonds. The third kappa shape index (κ3) is 3.50. The van der Waals surface area contributed by atoms with Crippen LogP contribution in [0.2, 0.25) is 0 Å². The molecule has 2 heterocycles. The van der Waals surface area contributed by atoms with Gasteiger partial charge in [0.2, 0.25) is 0 Å². The number of morpholine rings is 1. The van der Waals surface area contributed by atoms with Gasteiger partial charge in [0, 0.05) is 12.1 Å². The number of fused-ring (bicyclic) bond motifs is 2. The minimum atomic E-state index is -4.93. The first-order valence-corrected chi connectivity index (χ1v) is 7.72. The van der Waals surface area contributed by atoms with E-state index in [0.717, 1.165) is 0 Å². The van der Waals surface area contributed by atoms with Crippen LogP contribution in [-0.2, 0) is 22.7 Å². The minimum Gasteiger partial charge on any atom is -0.385 e. The standard InChI is InChI=1S/C16H17F6NO2/c1-23-12-5-14(24,6-13(23)8-25-7-12)9-2-10(15(17,18)19)4-11(3-9)16(20,21)22/h2-4,12-13,24H,5-8H2,1H3. The van der Waals surface area contributed by atoms with Crippen LogP contribution in [-0.4, -0.2) is 42.4 Å². The number of hydrogen-bond acceptors (Lipinski definition) is 3. The van der Waals surface area contributed by atoms with Crippen LogP contribution in [0, 0.1) is 0 Å². The van der Waals surface area contributed by atoms with Gasteiger partial charge in [-0.2, -0.15) is 26.3 Å². The molecule has 2 unspecified atom stereocenters. The summed E-state index contributed by atoms with van der Waals surface area (Å²) in [5.41, 5.74) is -4.93. The maximum Gasteiger partial charge on any atom is 0.416 e. The summed E-state index contributed by atoms with van der Waals surface area (Å²) < 4.78 is 83.6. The molecule has 0 spiro atoms. The molecular formula is C16H17F6NO2. The Kier molecular flexibility index (Phi) is 4.32. The van der Waals surface area contributed by atoms with Gasteiger partial charge < -0.3 is 9.84 Å². The van der Waals surface area contributed by atoms with Crippen molar-refractivity contribution in [2.45, 2.75) is 42.9 Å². The van der Waals surface area contributed by atoms with Gasteiger partial charge >= 0.3 is 12.4 Å². The quantitative estimate of drug-likeness (QED) is 0.771. The fourth-order valence-corrected chi connectivity index (χ4v) is 3.60. The van der Waals surface area contributed by atoms with Crippen molar-refractivity contribution in [1.82, 2.24) is 4.90 Å². The molecular weight excluding hydrogens is 352 g/mol. The molecule has 0 saturated carbocycles. The summed E-state index contributed by atoms with van der Waals surface area (Å²) in [7, 11) is 1.81. The molecule has 0 aliphatic carbocycles. The van der Waals surface area contributed by atoms with Crippen LogP contribution in [0.5, 0.6) is 0 Å². The van der Waals surface area contributed by atoms with E-state index in [2.05, 4.69) is 0 Å². The van der Waals surface area contributed by atoms with Gasteiger partial charge in [0.1, 0.15) is 0 Å². The fourth-order valence-electron chi connectivity index (χ4n) is 3.60. The van der Waals surface area contributed by atoms with E-state index >= 15 is 0 Å². The molecule has 2 atom stereocenters. The van der Waals surface area contributed by atoms with Crippen molar-refractivity contribution in [3.8, 4) is 0 Å². The average molecular weight is 369 g/mol. The number of rotatable bonds is 1. The molecule has 9 heteroatoms. The number of nitrogens with zero attached hydrogens (tertiary/aromatic N) is 1. The summed E-state index contributed by atoms with van der Waals surface area (Å²) in [6, 6.07) is 0.794. The van der Waals surface area contributed by atoms with Crippen LogP contribution in [0.25, 0.3) is 0 Å². The number of hydrogen-bond donors (Lipinski definition) is 1.